The molecule has 0 fully saturated rings. The monoisotopic (exact) mass is 1860 g/mol. The lowest BCUT2D eigenvalue weighted by atomic mass is 9.99. The summed E-state index contributed by atoms with van der Waals surface area (Å²) in [6.45, 7) is 0. The van der Waals surface area contributed by atoms with Gasteiger partial charge in [0.2, 0.25) is 0 Å². The van der Waals surface area contributed by atoms with Crippen molar-refractivity contribution in [3.63, 3.8) is 0 Å². The van der Waals surface area contributed by atoms with E-state index in [1.165, 1.54) is 0 Å². The molecule has 0 nitrogen and oxygen atoms in total. The number of hydrogen-bond acceptors (Lipinski definition) is 0. The van der Waals surface area contributed by atoms with Gasteiger partial charge in [-0.2, -0.15) is 0 Å². The van der Waals surface area contributed by atoms with Gasteiger partial charge < -0.3 is 0 Å². The molecule has 194 valence electrons. The van der Waals surface area contributed by atoms with Gasteiger partial charge in [-0.05, 0) is 0 Å². The maximum atomic E-state index is 3.91. The average Bonchev–Trinajstić information content (AvgIpc) is 2.47. The van der Waals surface area contributed by atoms with Crippen LogP contribution in [0.25, 0.3) is 0 Å². The number of hydrogen-bond donors (Lipinski definition) is 0. The highest BCUT2D eigenvalue weighted by Crippen LogP contribution is 2.81. The fraction of sp³-hybridized carbons (Fsp3) is 1.00. The van der Waals surface area contributed by atoms with E-state index in [0.29, 0.717) is 0 Å². The van der Waals surface area contributed by atoms with E-state index in [2.05, 4.69) is 350 Å². The van der Waals surface area contributed by atoms with Gasteiger partial charge in [0, 0.05) is 0 Å². The maximum Gasteiger partial charge on any atom is 0.155 e. The van der Waals surface area contributed by atoms with E-state index in [4.69, 9.17) is 0 Å². The number of alkyl halides is 22. The van der Waals surface area contributed by atoms with Crippen LogP contribution in [0.15, 0.2) is 0 Å². The third-order valence-electron chi connectivity index (χ3n) is 3.61. The summed E-state index contributed by atoms with van der Waals surface area (Å²) in [5.74, 6) is 0. The molecule has 0 N–H and O–H groups in total. The molecular weight excluding hydrogens is 1880 g/mol. The predicted octanol–water partition coefficient (Wildman–Crippen LogP) is 16.6. The molecule has 22 heteroatoms. The van der Waals surface area contributed by atoms with Crippen molar-refractivity contribution in [2.24, 2.45) is 0 Å². The molecule has 0 atom stereocenters. The number of rotatable bonds is 5. The van der Waals surface area contributed by atoms with Gasteiger partial charge in [0.25, 0.3) is 0 Å². The highest BCUT2D eigenvalue weighted by molar-refractivity contribution is 9.43. The van der Waals surface area contributed by atoms with Gasteiger partial charge >= 0.3 is 0 Å². The molecule has 0 saturated carbocycles. The van der Waals surface area contributed by atoms with Crippen LogP contribution < -0.4 is 0 Å². The summed E-state index contributed by atoms with van der Waals surface area (Å²) in [6, 6.07) is 0. The second-order valence-corrected chi connectivity index (χ2v) is 48.8. The van der Waals surface area contributed by atoms with Crippen molar-refractivity contribution in [3.05, 3.63) is 0 Å². The first-order chi connectivity index (χ1) is 13.2. The molecule has 0 aromatic heterocycles. The van der Waals surface area contributed by atoms with Crippen LogP contribution in [0.3, 0.4) is 0 Å². The van der Waals surface area contributed by atoms with Crippen molar-refractivity contribution in [1.29, 1.82) is 0 Å². The van der Waals surface area contributed by atoms with Gasteiger partial charge in [-0.25, -0.2) is 0 Å². The summed E-state index contributed by atoms with van der Waals surface area (Å²) in [6.07, 6.45) is 0. The third-order valence-corrected chi connectivity index (χ3v) is 38.7. The Balaban J connectivity index is 7.39. The van der Waals surface area contributed by atoms with Crippen LogP contribution in [-0.2, 0) is 0 Å². The van der Waals surface area contributed by atoms with Gasteiger partial charge in [-0.1, -0.05) is 350 Å². The normalized spacial score (nSPS) is 17.1. The Hall–Kier alpha value is 10.6. The minimum atomic E-state index is -1.12. The second kappa shape index (κ2) is 13.7. The van der Waals surface area contributed by atoms with Crippen molar-refractivity contribution in [2.75, 3.05) is 0 Å². The summed E-state index contributed by atoms with van der Waals surface area (Å²) in [7, 11) is 0. The zero-order valence-electron chi connectivity index (χ0n) is 13.3. The van der Waals surface area contributed by atoms with Crippen LogP contribution in [0.2, 0.25) is 0 Å². The topological polar surface area (TPSA) is 0 Å². The standard InChI is InChI=1S/C10Br22/c11-1(7(21,22)23,8(24,25)26)3(13,14)5(17,18)6(19,20)4(15,16)2(12,9(27,28)29)10(30,31)32. The predicted molar refractivity (Wildman–Crippen MR) is 224 cm³/mol. The molecular formula is C10Br22. The summed E-state index contributed by atoms with van der Waals surface area (Å²) in [5.41, 5.74) is 0. The highest BCUT2D eigenvalue weighted by atomic mass is 80.0. The van der Waals surface area contributed by atoms with E-state index < -0.39 is 30.2 Å². The summed E-state index contributed by atoms with van der Waals surface area (Å²) in [5, 5.41) is 0. The third kappa shape index (κ3) is 7.57. The molecule has 0 heterocycles. The first kappa shape index (κ1) is 42.6. The molecule has 0 aliphatic heterocycles. The molecule has 32 heavy (non-hydrogen) atoms. The summed E-state index contributed by atoms with van der Waals surface area (Å²) >= 11 is 83.1. The van der Waals surface area contributed by atoms with Crippen LogP contribution in [0, 0.1) is 0 Å². The first-order valence-corrected chi connectivity index (χ1v) is 23.9. The molecule has 0 rings (SSSR count). The Bertz CT molecular complexity index is 591. The summed E-state index contributed by atoms with van der Waals surface area (Å²) in [4.78, 5) is 0. The second-order valence-electron chi connectivity index (χ2n) is 5.61. The molecule has 0 bridgehead atoms. The fourth-order valence-corrected chi connectivity index (χ4v) is 29.9. The van der Waals surface area contributed by atoms with Crippen LogP contribution in [0.1, 0.15) is 0 Å². The molecule has 0 unspecified atom stereocenters. The molecule has 0 aromatic rings. The van der Waals surface area contributed by atoms with Gasteiger partial charge in [0.15, 0.2) is 8.57 Å². The van der Waals surface area contributed by atoms with Gasteiger partial charge in [0.05, 0.1) is 0 Å². The molecule has 0 spiro atoms. The van der Waals surface area contributed by atoms with Crippen molar-refractivity contribution < 1.29 is 0 Å². The molecule has 0 aliphatic rings. The smallest absolute Gasteiger partial charge is 0.0758 e. The zero-order chi connectivity index (χ0) is 27.0. The van der Waals surface area contributed by atoms with Crippen LogP contribution in [-0.4, -0.2) is 30.2 Å². The lowest BCUT2D eigenvalue weighted by molar-refractivity contribution is 0.510. The minimum absolute atomic E-state index is 0.910. The quantitative estimate of drug-likeness (QED) is 0.241. The lowest BCUT2D eigenvalue weighted by Crippen LogP contribution is -2.73. The molecule has 0 radical (unpaired) electrons. The van der Waals surface area contributed by atoms with Gasteiger partial charge in [0.1, 0.15) is 21.6 Å². The minimum Gasteiger partial charge on any atom is -0.0758 e. The largest absolute Gasteiger partial charge is 0.155 e. The summed E-state index contributed by atoms with van der Waals surface area (Å²) < 4.78 is -10.1. The Morgan fingerprint density at radius 2 is 0.312 bits per heavy atom. The Labute approximate surface area is 371 Å². The van der Waals surface area contributed by atoms with Crippen molar-refractivity contribution in [2.45, 2.75) is 30.2 Å². The zero-order valence-corrected chi connectivity index (χ0v) is 48.2. The van der Waals surface area contributed by atoms with Crippen molar-refractivity contribution in [1.82, 2.24) is 0 Å². The van der Waals surface area contributed by atoms with Gasteiger partial charge in [-0.3, -0.25) is 0 Å². The maximum absolute atomic E-state index is 3.91. The first-order valence-electron chi connectivity index (χ1n) is 6.41. The van der Waals surface area contributed by atoms with Crippen LogP contribution in [0.5, 0.6) is 0 Å². The molecule has 0 saturated heterocycles. The Morgan fingerprint density at radius 3 is 0.406 bits per heavy atom. The SMILES string of the molecule is BrC(Br)(Br)C(Br)(C(Br)(Br)Br)C(Br)(Br)C(Br)(Br)C(Br)(Br)C(Br)(Br)C(Br)(C(Br)(Br)Br)C(Br)(Br)Br. The average molecular weight is 1880 g/mol. The fourth-order valence-electron chi connectivity index (χ4n) is 1.86. The van der Waals surface area contributed by atoms with Crippen LogP contribution >= 0.6 is 350 Å². The Kier molecular flexibility index (Phi) is 18.3. The Morgan fingerprint density at radius 1 is 0.188 bits per heavy atom. The lowest BCUT2D eigenvalue weighted by Gasteiger charge is -2.61. The molecule has 0 amide bonds. The van der Waals surface area contributed by atoms with Gasteiger partial charge in [-0.15, -0.1) is 0 Å². The van der Waals surface area contributed by atoms with E-state index >= 15 is 0 Å². The van der Waals surface area contributed by atoms with E-state index in [1.54, 1.807) is 0 Å². The van der Waals surface area contributed by atoms with E-state index in [-0.39, 0.29) is 0 Å². The van der Waals surface area contributed by atoms with Crippen molar-refractivity contribution >= 4 is 350 Å². The van der Waals surface area contributed by atoms with E-state index in [9.17, 15) is 0 Å². The molecule has 0 aromatic carbocycles. The number of halogens is 22. The van der Waals surface area contributed by atoms with E-state index in [1.807, 2.05) is 0 Å². The van der Waals surface area contributed by atoms with Crippen molar-refractivity contribution in [3.8, 4) is 0 Å². The highest BCUT2D eigenvalue weighted by Gasteiger charge is 2.82. The molecule has 0 aliphatic carbocycles. The van der Waals surface area contributed by atoms with E-state index in [0.717, 1.165) is 0 Å². The van der Waals surface area contributed by atoms with Crippen LogP contribution in [0.4, 0.5) is 0 Å².